The molecule has 2 aromatic rings. The van der Waals surface area contributed by atoms with Crippen LogP contribution in [0.25, 0.3) is 0 Å². The summed E-state index contributed by atoms with van der Waals surface area (Å²) >= 11 is 3.26. The summed E-state index contributed by atoms with van der Waals surface area (Å²) in [7, 11) is 0. The van der Waals surface area contributed by atoms with E-state index in [9.17, 15) is 13.2 Å². The number of anilines is 1. The number of nitrogens with one attached hydrogen (secondary N) is 1. The average molecular weight is 346 g/mol. The van der Waals surface area contributed by atoms with E-state index in [2.05, 4.69) is 26.0 Å². The van der Waals surface area contributed by atoms with E-state index in [-0.39, 0.29) is 12.3 Å². The Labute approximate surface area is 122 Å². The van der Waals surface area contributed by atoms with Crippen LogP contribution in [-0.2, 0) is 6.54 Å². The smallest absolute Gasteiger partial charge is 0.387 e. The number of hydrogen-bond donors (Lipinski definition) is 1. The Bertz CT molecular complexity index is 592. The van der Waals surface area contributed by atoms with E-state index in [1.54, 1.807) is 30.3 Å². The third-order valence-corrected chi connectivity index (χ3v) is 3.07. The van der Waals surface area contributed by atoms with Gasteiger partial charge in [0.15, 0.2) is 0 Å². The van der Waals surface area contributed by atoms with Crippen molar-refractivity contribution in [2.75, 3.05) is 5.32 Å². The predicted molar refractivity (Wildman–Crippen MR) is 74.5 cm³/mol. The molecule has 0 fully saturated rings. The second kappa shape index (κ2) is 6.65. The van der Waals surface area contributed by atoms with Crippen molar-refractivity contribution in [1.29, 1.82) is 0 Å². The Kier molecular flexibility index (Phi) is 4.89. The van der Waals surface area contributed by atoms with Crippen LogP contribution in [0, 0.1) is 5.82 Å². The molecule has 0 aromatic heterocycles. The zero-order valence-corrected chi connectivity index (χ0v) is 11.8. The molecule has 0 spiro atoms. The summed E-state index contributed by atoms with van der Waals surface area (Å²) in [6.07, 6.45) is 0. The van der Waals surface area contributed by atoms with Gasteiger partial charge in [-0.15, -0.1) is 0 Å². The summed E-state index contributed by atoms with van der Waals surface area (Å²) in [4.78, 5) is 0. The highest BCUT2D eigenvalue weighted by molar-refractivity contribution is 9.10. The van der Waals surface area contributed by atoms with Gasteiger partial charge in [0, 0.05) is 16.6 Å². The molecule has 0 aliphatic carbocycles. The van der Waals surface area contributed by atoms with E-state index in [1.807, 2.05) is 0 Å². The first kappa shape index (κ1) is 14.7. The summed E-state index contributed by atoms with van der Waals surface area (Å²) in [5.74, 6) is -0.342. The zero-order valence-electron chi connectivity index (χ0n) is 10.2. The fraction of sp³-hybridized carbons (Fsp3) is 0.143. The molecule has 6 heteroatoms. The lowest BCUT2D eigenvalue weighted by Crippen LogP contribution is -2.07. The van der Waals surface area contributed by atoms with Gasteiger partial charge < -0.3 is 10.1 Å². The Morgan fingerprint density at radius 1 is 1.15 bits per heavy atom. The number of hydrogen-bond acceptors (Lipinski definition) is 2. The van der Waals surface area contributed by atoms with Gasteiger partial charge in [-0.25, -0.2) is 4.39 Å². The molecule has 2 aromatic carbocycles. The highest BCUT2D eigenvalue weighted by atomic mass is 79.9. The molecule has 0 radical (unpaired) electrons. The minimum Gasteiger partial charge on any atom is -0.434 e. The van der Waals surface area contributed by atoms with Crippen LogP contribution in [0.2, 0.25) is 0 Å². The minimum absolute atomic E-state index is 0.0621. The van der Waals surface area contributed by atoms with Crippen LogP contribution in [0.3, 0.4) is 0 Å². The molecule has 0 atom stereocenters. The van der Waals surface area contributed by atoms with Crippen LogP contribution in [0.1, 0.15) is 5.56 Å². The van der Waals surface area contributed by atoms with Gasteiger partial charge in [0.25, 0.3) is 0 Å². The van der Waals surface area contributed by atoms with E-state index in [1.165, 1.54) is 12.1 Å². The summed E-state index contributed by atoms with van der Waals surface area (Å²) in [6, 6.07) is 10.8. The third-order valence-electron chi connectivity index (χ3n) is 2.58. The predicted octanol–water partition coefficient (Wildman–Crippen LogP) is 4.80. The van der Waals surface area contributed by atoms with E-state index < -0.39 is 12.4 Å². The normalized spacial score (nSPS) is 10.7. The monoisotopic (exact) mass is 345 g/mol. The second-order valence-corrected chi connectivity index (χ2v) is 4.88. The second-order valence-electron chi connectivity index (χ2n) is 3.96. The fourth-order valence-corrected chi connectivity index (χ4v) is 2.10. The number of halogens is 4. The first-order chi connectivity index (χ1) is 9.56. The van der Waals surface area contributed by atoms with E-state index in [0.29, 0.717) is 11.3 Å². The molecular formula is C14H11BrF3NO. The molecule has 0 saturated carbocycles. The van der Waals surface area contributed by atoms with Crippen LogP contribution in [-0.4, -0.2) is 6.61 Å². The number of para-hydroxylation sites is 1. The lowest BCUT2D eigenvalue weighted by molar-refractivity contribution is -0.0504. The SMILES string of the molecule is Fc1ccccc1NCc1cc(Br)ccc1OC(F)F. The van der Waals surface area contributed by atoms with Crippen molar-refractivity contribution in [3.05, 3.63) is 58.3 Å². The lowest BCUT2D eigenvalue weighted by Gasteiger charge is -2.13. The number of alkyl halides is 2. The summed E-state index contributed by atoms with van der Waals surface area (Å²) in [6.45, 7) is -2.73. The van der Waals surface area contributed by atoms with Crippen molar-refractivity contribution in [3.8, 4) is 5.75 Å². The third kappa shape index (κ3) is 3.90. The molecule has 106 valence electrons. The van der Waals surface area contributed by atoms with Gasteiger partial charge in [-0.1, -0.05) is 28.1 Å². The largest absolute Gasteiger partial charge is 0.434 e. The Morgan fingerprint density at radius 3 is 2.60 bits per heavy atom. The van der Waals surface area contributed by atoms with Crippen LogP contribution in [0.4, 0.5) is 18.9 Å². The first-order valence-corrected chi connectivity index (χ1v) is 6.57. The number of rotatable bonds is 5. The van der Waals surface area contributed by atoms with Crippen LogP contribution in [0.15, 0.2) is 46.9 Å². The highest BCUT2D eigenvalue weighted by Crippen LogP contribution is 2.26. The highest BCUT2D eigenvalue weighted by Gasteiger charge is 2.10. The van der Waals surface area contributed by atoms with Gasteiger partial charge in [0.1, 0.15) is 11.6 Å². The summed E-state index contributed by atoms with van der Waals surface area (Å²) in [5, 5.41) is 2.85. The van der Waals surface area contributed by atoms with Crippen molar-refractivity contribution < 1.29 is 17.9 Å². The van der Waals surface area contributed by atoms with E-state index >= 15 is 0 Å². The van der Waals surface area contributed by atoms with Crippen LogP contribution in [0.5, 0.6) is 5.75 Å². The van der Waals surface area contributed by atoms with Crippen molar-refractivity contribution in [1.82, 2.24) is 0 Å². The Hall–Kier alpha value is -1.69. The molecular weight excluding hydrogens is 335 g/mol. The van der Waals surface area contributed by atoms with Gasteiger partial charge in [0.05, 0.1) is 5.69 Å². The maximum atomic E-state index is 13.5. The van der Waals surface area contributed by atoms with Gasteiger partial charge in [0.2, 0.25) is 0 Å². The van der Waals surface area contributed by atoms with Gasteiger partial charge in [-0.05, 0) is 30.3 Å². The number of ether oxygens (including phenoxy) is 1. The molecule has 20 heavy (non-hydrogen) atoms. The zero-order chi connectivity index (χ0) is 14.5. The number of benzene rings is 2. The Morgan fingerprint density at radius 2 is 1.90 bits per heavy atom. The van der Waals surface area contributed by atoms with Crippen molar-refractivity contribution >= 4 is 21.6 Å². The lowest BCUT2D eigenvalue weighted by atomic mass is 10.2. The molecule has 1 N–H and O–H groups in total. The molecule has 2 rings (SSSR count). The topological polar surface area (TPSA) is 21.3 Å². The van der Waals surface area contributed by atoms with Gasteiger partial charge in [-0.3, -0.25) is 0 Å². The molecule has 0 heterocycles. The molecule has 0 bridgehead atoms. The molecule has 0 aliphatic rings. The van der Waals surface area contributed by atoms with Gasteiger partial charge >= 0.3 is 6.61 Å². The quantitative estimate of drug-likeness (QED) is 0.840. The molecule has 0 unspecified atom stereocenters. The van der Waals surface area contributed by atoms with Crippen LogP contribution >= 0.6 is 15.9 Å². The first-order valence-electron chi connectivity index (χ1n) is 5.78. The van der Waals surface area contributed by atoms with Crippen molar-refractivity contribution in [3.63, 3.8) is 0 Å². The van der Waals surface area contributed by atoms with Crippen LogP contribution < -0.4 is 10.1 Å². The molecule has 2 nitrogen and oxygen atoms in total. The summed E-state index contributed by atoms with van der Waals surface area (Å²) < 4.78 is 43.2. The molecule has 0 amide bonds. The molecule has 0 saturated heterocycles. The fourth-order valence-electron chi connectivity index (χ4n) is 1.69. The standard InChI is InChI=1S/C14H11BrF3NO/c15-10-5-6-13(20-14(17)18)9(7-10)8-19-12-4-2-1-3-11(12)16/h1-7,14,19H,8H2. The maximum absolute atomic E-state index is 13.5. The van der Waals surface area contributed by atoms with E-state index in [0.717, 1.165) is 4.47 Å². The minimum atomic E-state index is -2.90. The van der Waals surface area contributed by atoms with Crippen molar-refractivity contribution in [2.24, 2.45) is 0 Å². The Balaban J connectivity index is 2.16. The summed E-state index contributed by atoms with van der Waals surface area (Å²) in [5.41, 5.74) is 0.804. The van der Waals surface area contributed by atoms with E-state index in [4.69, 9.17) is 0 Å². The average Bonchev–Trinajstić information content (AvgIpc) is 2.40. The molecule has 0 aliphatic heterocycles. The maximum Gasteiger partial charge on any atom is 0.387 e. The van der Waals surface area contributed by atoms with Gasteiger partial charge in [-0.2, -0.15) is 8.78 Å². The van der Waals surface area contributed by atoms with Crippen molar-refractivity contribution in [2.45, 2.75) is 13.2 Å².